The van der Waals surface area contributed by atoms with Crippen molar-refractivity contribution in [3.8, 4) is 5.75 Å². The first kappa shape index (κ1) is 66.6. The monoisotopic (exact) mass is 1190 g/mol. The Labute approximate surface area is 442 Å². The van der Waals surface area contributed by atoms with Gasteiger partial charge in [0.15, 0.2) is 0 Å². The van der Waals surface area contributed by atoms with Gasteiger partial charge in [0.25, 0.3) is 0 Å². The molecule has 1 aliphatic rings. The number of aliphatic hydroxyl groups is 3. The van der Waals surface area contributed by atoms with Crippen molar-refractivity contribution < 1.29 is 29.6 Å². The van der Waals surface area contributed by atoms with Crippen LogP contribution in [0, 0.1) is 16.2 Å². The van der Waals surface area contributed by atoms with Crippen LogP contribution in [0.3, 0.4) is 0 Å². The molecule has 0 saturated heterocycles. The molecule has 2 rings (SSSR count). The van der Waals surface area contributed by atoms with E-state index in [1.165, 1.54) is 166 Å². The second kappa shape index (κ2) is 45.4. The minimum Gasteiger partial charge on any atom is -0.491 e. The Hall–Kier alpha value is -0.450. The molecule has 0 amide bonds. The number of aliphatic imine (C=N–C) groups is 2. The average Bonchev–Trinajstić information content (AvgIpc) is 3.24. The topological polar surface area (TPSA) is 129 Å². The van der Waals surface area contributed by atoms with Gasteiger partial charge in [-0.1, -0.05) is 214 Å². The van der Waals surface area contributed by atoms with Gasteiger partial charge in [0.1, 0.15) is 12.4 Å². The molecule has 67 heavy (non-hydrogen) atoms. The molecule has 2 atom stereocenters. The molecule has 8 nitrogen and oxygen atoms in total. The molecule has 1 aromatic rings. The van der Waals surface area contributed by atoms with E-state index in [9.17, 15) is 14.7 Å². The van der Waals surface area contributed by atoms with Gasteiger partial charge in [0.2, 0.25) is 12.2 Å². The molecule has 2 unspecified atom stereocenters. The van der Waals surface area contributed by atoms with Crippen LogP contribution in [0.2, 0.25) is 0 Å². The number of halogens is 2. The van der Waals surface area contributed by atoms with Gasteiger partial charge in [-0.2, -0.15) is 0 Å². The van der Waals surface area contributed by atoms with Gasteiger partial charge in [0, 0.05) is 10.4 Å². The van der Waals surface area contributed by atoms with Crippen LogP contribution in [0.5, 0.6) is 5.75 Å². The first-order chi connectivity index (χ1) is 32.3. The fourth-order valence-electron chi connectivity index (χ4n) is 10.2. The second-order valence-electron chi connectivity index (χ2n) is 22.0. The summed E-state index contributed by atoms with van der Waals surface area (Å²) in [7, 11) is 0. The molecular weight excluding hydrogens is 1080 g/mol. The zero-order chi connectivity index (χ0) is 51.4. The smallest absolute Gasteiger partial charge is 0.235 e. The summed E-state index contributed by atoms with van der Waals surface area (Å²) in [4.78, 5) is 28.0. The Morgan fingerprint density at radius 2 is 1.09 bits per heavy atom. The van der Waals surface area contributed by atoms with Crippen LogP contribution in [0.1, 0.15) is 254 Å². The van der Waals surface area contributed by atoms with Crippen molar-refractivity contribution in [2.24, 2.45) is 26.2 Å². The van der Waals surface area contributed by atoms with E-state index >= 15 is 0 Å². The largest absolute Gasteiger partial charge is 0.491 e. The number of rotatable bonds is 36. The maximum absolute atomic E-state index is 10.3. The summed E-state index contributed by atoms with van der Waals surface area (Å²) in [5, 5.41) is 27.4. The van der Waals surface area contributed by atoms with E-state index in [0.717, 1.165) is 44.3 Å². The maximum Gasteiger partial charge on any atom is 0.235 e. The molecule has 3 N–H and O–H groups in total. The number of hydrogen-bond acceptors (Lipinski definition) is 8. The molecule has 1 saturated carbocycles. The highest BCUT2D eigenvalue weighted by atomic mass is 127. The van der Waals surface area contributed by atoms with Crippen molar-refractivity contribution in [1.29, 1.82) is 1.28 Å². The third-order valence-electron chi connectivity index (χ3n) is 12.6. The van der Waals surface area contributed by atoms with Gasteiger partial charge in [-0.15, -0.1) is 0 Å². The van der Waals surface area contributed by atoms with Crippen LogP contribution in [-0.2, 0) is 16.0 Å². The molecule has 392 valence electrons. The highest BCUT2D eigenvalue weighted by Gasteiger charge is 2.41. The number of benzene rings is 1. The zero-order valence-electron chi connectivity index (χ0n) is 45.3. The lowest BCUT2D eigenvalue weighted by Gasteiger charge is -2.44. The van der Waals surface area contributed by atoms with Crippen molar-refractivity contribution in [2.75, 3.05) is 26.4 Å². The van der Waals surface area contributed by atoms with Gasteiger partial charge in [0.05, 0.1) is 26.1 Å². The van der Waals surface area contributed by atoms with Crippen molar-refractivity contribution in [2.45, 2.75) is 266 Å². The summed E-state index contributed by atoms with van der Waals surface area (Å²) in [6.45, 7) is 17.9. The third-order valence-corrected chi connectivity index (χ3v) is 12.6. The molecule has 0 aromatic heterocycles. The zero-order valence-corrected chi connectivity index (χ0v) is 49.5. The number of hydrogen-bond donors (Lipinski definition) is 3. The van der Waals surface area contributed by atoms with Gasteiger partial charge in [-0.3, -0.25) is 0 Å². The molecule has 0 aliphatic heterocycles. The molecule has 11 heteroatoms. The van der Waals surface area contributed by atoms with Gasteiger partial charge < -0.3 is 20.1 Å². The standard InChI is InChI=1S/C28H58O.C16H26O3.C12H18N2O2.HI2P/c1-2-3-4-5-6-7-8-9-10-11-12-13-14-15-16-17-18-19-20-21-22-23-24-25-26-27-28-29;1-15(2,12-16(3,4)18)11-13-5-7-14(8-6-13)19-10-9-17;1-11(2)4-10(14-9-16)5-12(3,6-11)7-13-8-15;1-3-2/h29H,2-28H2,1H3;5-8,17-18H,9-12H2,1-4H3;10H,4-7H2,1-3H3;3H/i;;;3D. The van der Waals surface area contributed by atoms with Gasteiger partial charge in [-0.05, 0) is 130 Å². The van der Waals surface area contributed by atoms with Crippen LogP contribution in [0.25, 0.3) is 0 Å². The molecule has 1 fully saturated rings. The molecule has 0 bridgehead atoms. The second-order valence-corrected chi connectivity index (χ2v) is 30.6. The summed E-state index contributed by atoms with van der Waals surface area (Å²) >= 11 is 4.12. The summed E-state index contributed by atoms with van der Waals surface area (Å²) < 4.78 is 11.5. The highest BCUT2D eigenvalue weighted by Crippen LogP contribution is 2.47. The fraction of sp³-hybridized carbons (Fsp3) is 0.857. The Morgan fingerprint density at radius 1 is 0.687 bits per heavy atom. The molecule has 0 heterocycles. The predicted molar refractivity (Wildman–Crippen MR) is 307 cm³/mol. The number of aliphatic hydroxyl groups excluding tert-OH is 2. The average molecular weight is 1190 g/mol. The molecule has 1 aromatic carbocycles. The van der Waals surface area contributed by atoms with E-state index in [4.69, 9.17) is 16.2 Å². The van der Waals surface area contributed by atoms with Crippen molar-refractivity contribution in [1.82, 2.24) is 0 Å². The van der Waals surface area contributed by atoms with E-state index < -0.39 is 9.41 Å². The van der Waals surface area contributed by atoms with Crippen LogP contribution in [-0.4, -0.2) is 66.8 Å². The third kappa shape index (κ3) is 47.6. The lowest BCUT2D eigenvalue weighted by molar-refractivity contribution is 0.0320. The normalized spacial score (nSPS) is 16.7. The first-order valence-electron chi connectivity index (χ1n) is 27.1. The molecule has 0 spiro atoms. The number of ether oxygens (including phenoxy) is 1. The summed E-state index contributed by atoms with van der Waals surface area (Å²) in [6, 6.07) is 7.93. The maximum atomic E-state index is 10.3. The number of carbonyl (C=O) groups excluding carboxylic acids is 2. The summed E-state index contributed by atoms with van der Waals surface area (Å²) in [5.41, 5.74) is 0.686. The Bertz CT molecular complexity index is 1360. The van der Waals surface area contributed by atoms with Crippen LogP contribution in [0.4, 0.5) is 0 Å². The number of isocyanates is 2. The first-order valence-corrected chi connectivity index (χ1v) is 33.1. The minimum atomic E-state index is -0.645. The van der Waals surface area contributed by atoms with E-state index in [0.29, 0.717) is 19.8 Å². The SMILES string of the molecule is CC(C)(O)CC(C)(C)Cc1ccc(OCCO)cc1.CC1(C)CC(N=C=O)CC(C)(CN=C=O)C1.CCCCCCCCCCCCCCCCCCCCCCCCCCCCO.[2H]P(I)I. The minimum absolute atomic E-state index is 0.00750. The van der Waals surface area contributed by atoms with E-state index in [-0.39, 0.29) is 28.9 Å². The van der Waals surface area contributed by atoms with Crippen molar-refractivity contribution >= 4 is 60.1 Å². The molecule has 1 aliphatic carbocycles. The van der Waals surface area contributed by atoms with Crippen LogP contribution in [0.15, 0.2) is 34.3 Å². The lowest BCUT2D eigenvalue weighted by atomic mass is 9.63. The Balaban J connectivity index is 0. The predicted octanol–water partition coefficient (Wildman–Crippen LogP) is 17.5. The molecule has 0 radical (unpaired) electrons. The fourth-order valence-corrected chi connectivity index (χ4v) is 10.2. The van der Waals surface area contributed by atoms with Crippen LogP contribution < -0.4 is 4.74 Å². The highest BCUT2D eigenvalue weighted by molar-refractivity contribution is 14.3. The van der Waals surface area contributed by atoms with E-state index in [1.807, 2.05) is 38.1 Å². The summed E-state index contributed by atoms with van der Waals surface area (Å²) in [6.07, 6.45) is 44.6. The van der Waals surface area contributed by atoms with Crippen molar-refractivity contribution in [3.05, 3.63) is 29.8 Å². The van der Waals surface area contributed by atoms with Crippen LogP contribution >= 0.6 is 47.9 Å². The van der Waals surface area contributed by atoms with Crippen molar-refractivity contribution in [3.63, 3.8) is 0 Å². The summed E-state index contributed by atoms with van der Waals surface area (Å²) in [5.74, 6) is 0.776. The molecular formula is C56H103I2N2O6P. The quantitative estimate of drug-likeness (QED) is 0.0202. The van der Waals surface area contributed by atoms with Gasteiger partial charge in [-0.25, -0.2) is 19.6 Å². The number of nitrogens with zero attached hydrogens (tertiary/aromatic N) is 2. The lowest BCUT2D eigenvalue weighted by Crippen LogP contribution is -2.39. The Morgan fingerprint density at radius 3 is 1.43 bits per heavy atom. The van der Waals surface area contributed by atoms with E-state index in [2.05, 4.69) is 95.6 Å². The number of unbranched alkanes of at least 4 members (excludes halogenated alkanes) is 25. The van der Waals surface area contributed by atoms with E-state index in [1.54, 1.807) is 12.2 Å². The Kier molecular flexibility index (Phi) is 45.1. The van der Waals surface area contributed by atoms with Gasteiger partial charge >= 0.3 is 0 Å².